The maximum atomic E-state index is 12.5. The van der Waals surface area contributed by atoms with Gasteiger partial charge in [0.05, 0.1) is 0 Å². The molecule has 1 aliphatic rings. The second-order valence-electron chi connectivity index (χ2n) is 7.35. The predicted molar refractivity (Wildman–Crippen MR) is 91.7 cm³/mol. The van der Waals surface area contributed by atoms with E-state index in [2.05, 4.69) is 17.4 Å². The summed E-state index contributed by atoms with van der Waals surface area (Å²) < 4.78 is 0. The minimum absolute atomic E-state index is 0.0354. The van der Waals surface area contributed by atoms with Crippen LogP contribution in [0.4, 0.5) is 0 Å². The molecule has 0 unspecified atom stereocenters. The molecule has 0 atom stereocenters. The Morgan fingerprint density at radius 1 is 1.17 bits per heavy atom. The highest BCUT2D eigenvalue weighted by atomic mass is 16.2. The Balaban J connectivity index is 1.77. The smallest absolute Gasteiger partial charge is 0.225 e. The first-order chi connectivity index (χ1) is 10.9. The molecular weight excluding hydrogens is 288 g/mol. The van der Waals surface area contributed by atoms with E-state index in [1.54, 1.807) is 0 Å². The average Bonchev–Trinajstić information content (AvgIpc) is 3.33. The molecule has 4 nitrogen and oxygen atoms in total. The molecule has 1 saturated carbocycles. The normalized spacial score (nSPS) is 14.4. The molecule has 1 fully saturated rings. The summed E-state index contributed by atoms with van der Waals surface area (Å²) in [5.41, 5.74) is 0.797. The van der Waals surface area contributed by atoms with Crippen molar-refractivity contribution in [2.24, 2.45) is 5.41 Å². The molecular formula is C19H28N2O2. The van der Waals surface area contributed by atoms with Gasteiger partial charge in [0.25, 0.3) is 0 Å². The molecule has 0 aromatic heterocycles. The Morgan fingerprint density at radius 2 is 1.83 bits per heavy atom. The lowest BCUT2D eigenvalue weighted by Gasteiger charge is -2.23. The van der Waals surface area contributed by atoms with Crippen molar-refractivity contribution in [1.29, 1.82) is 0 Å². The standard InChI is InChI=1S/C19H28N2O2/c1-19(2,3)18(23)20-13-7-10-17(22)21(16-11-12-16)14-15-8-5-4-6-9-15/h4-6,8-9,16H,7,10-14H2,1-3H3,(H,20,23). The van der Waals surface area contributed by atoms with Gasteiger partial charge in [-0.05, 0) is 24.8 Å². The topological polar surface area (TPSA) is 49.4 Å². The third-order valence-corrected chi connectivity index (χ3v) is 4.04. The Kier molecular flexibility index (Phi) is 5.80. The highest BCUT2D eigenvalue weighted by Crippen LogP contribution is 2.29. The molecule has 0 aliphatic heterocycles. The fourth-order valence-electron chi connectivity index (χ4n) is 2.44. The molecule has 0 bridgehead atoms. The first-order valence-electron chi connectivity index (χ1n) is 8.49. The summed E-state index contributed by atoms with van der Waals surface area (Å²) in [5, 5.41) is 2.90. The molecule has 2 rings (SSSR count). The molecule has 0 spiro atoms. The average molecular weight is 316 g/mol. The lowest BCUT2D eigenvalue weighted by atomic mass is 9.96. The van der Waals surface area contributed by atoms with Gasteiger partial charge in [0.1, 0.15) is 0 Å². The second-order valence-corrected chi connectivity index (χ2v) is 7.35. The number of amides is 2. The largest absolute Gasteiger partial charge is 0.356 e. The molecule has 0 heterocycles. The highest BCUT2D eigenvalue weighted by Gasteiger charge is 2.32. The minimum atomic E-state index is -0.378. The van der Waals surface area contributed by atoms with Crippen LogP contribution in [0.5, 0.6) is 0 Å². The van der Waals surface area contributed by atoms with Crippen LogP contribution in [0.3, 0.4) is 0 Å². The molecule has 126 valence electrons. The fourth-order valence-corrected chi connectivity index (χ4v) is 2.44. The summed E-state index contributed by atoms with van der Waals surface area (Å²) >= 11 is 0. The zero-order valence-electron chi connectivity index (χ0n) is 14.5. The number of nitrogens with one attached hydrogen (secondary N) is 1. The van der Waals surface area contributed by atoms with Crippen molar-refractivity contribution in [3.63, 3.8) is 0 Å². The SMILES string of the molecule is CC(C)(C)C(=O)NCCCC(=O)N(Cc1ccccc1)C1CC1. The summed E-state index contributed by atoms with van der Waals surface area (Å²) in [6.07, 6.45) is 3.41. The van der Waals surface area contributed by atoms with E-state index in [0.29, 0.717) is 32.0 Å². The molecule has 1 N–H and O–H groups in total. The van der Waals surface area contributed by atoms with Crippen LogP contribution in [0.1, 0.15) is 52.0 Å². The van der Waals surface area contributed by atoms with Crippen LogP contribution in [0, 0.1) is 5.41 Å². The van der Waals surface area contributed by atoms with Crippen molar-refractivity contribution in [2.45, 2.75) is 59.0 Å². The third-order valence-electron chi connectivity index (χ3n) is 4.04. The van der Waals surface area contributed by atoms with Gasteiger partial charge in [-0.1, -0.05) is 51.1 Å². The van der Waals surface area contributed by atoms with Crippen molar-refractivity contribution < 1.29 is 9.59 Å². The van der Waals surface area contributed by atoms with Gasteiger partial charge < -0.3 is 10.2 Å². The van der Waals surface area contributed by atoms with Gasteiger partial charge in [-0.15, -0.1) is 0 Å². The number of carbonyl (C=O) groups excluding carboxylic acids is 2. The van der Waals surface area contributed by atoms with Crippen LogP contribution < -0.4 is 5.32 Å². The number of nitrogens with zero attached hydrogens (tertiary/aromatic N) is 1. The van der Waals surface area contributed by atoms with E-state index in [4.69, 9.17) is 0 Å². The Hall–Kier alpha value is -1.84. The zero-order valence-corrected chi connectivity index (χ0v) is 14.5. The number of benzene rings is 1. The highest BCUT2D eigenvalue weighted by molar-refractivity contribution is 5.81. The van der Waals surface area contributed by atoms with E-state index in [1.807, 2.05) is 43.9 Å². The van der Waals surface area contributed by atoms with E-state index in [9.17, 15) is 9.59 Å². The first-order valence-corrected chi connectivity index (χ1v) is 8.49. The zero-order chi connectivity index (χ0) is 16.9. The van der Waals surface area contributed by atoms with E-state index < -0.39 is 0 Å². The maximum absolute atomic E-state index is 12.5. The molecule has 0 saturated heterocycles. The van der Waals surface area contributed by atoms with Crippen LogP contribution >= 0.6 is 0 Å². The summed E-state index contributed by atoms with van der Waals surface area (Å²) in [5.74, 6) is 0.231. The predicted octanol–water partition coefficient (Wildman–Crippen LogP) is 3.12. The van der Waals surface area contributed by atoms with Gasteiger partial charge in [0.15, 0.2) is 0 Å². The van der Waals surface area contributed by atoms with Crippen LogP contribution in [-0.2, 0) is 16.1 Å². The molecule has 4 heteroatoms. The molecule has 0 radical (unpaired) electrons. The number of rotatable bonds is 7. The Labute approximate surface area is 139 Å². The molecule has 23 heavy (non-hydrogen) atoms. The molecule has 1 aromatic carbocycles. The van der Waals surface area contributed by atoms with Crippen LogP contribution in [-0.4, -0.2) is 29.3 Å². The monoisotopic (exact) mass is 316 g/mol. The van der Waals surface area contributed by atoms with Gasteiger partial charge in [-0.3, -0.25) is 9.59 Å². The maximum Gasteiger partial charge on any atom is 0.225 e. The minimum Gasteiger partial charge on any atom is -0.356 e. The second kappa shape index (κ2) is 7.62. The van der Waals surface area contributed by atoms with E-state index in [-0.39, 0.29) is 17.2 Å². The van der Waals surface area contributed by atoms with Crippen molar-refractivity contribution in [1.82, 2.24) is 10.2 Å². The lowest BCUT2D eigenvalue weighted by molar-refractivity contribution is -0.133. The molecule has 1 aliphatic carbocycles. The van der Waals surface area contributed by atoms with Crippen LogP contribution in [0.2, 0.25) is 0 Å². The summed E-state index contributed by atoms with van der Waals surface area (Å²) in [7, 11) is 0. The van der Waals surface area contributed by atoms with Gasteiger partial charge in [0, 0.05) is 31.0 Å². The van der Waals surface area contributed by atoms with E-state index in [0.717, 1.165) is 12.8 Å². The van der Waals surface area contributed by atoms with Gasteiger partial charge >= 0.3 is 0 Å². The fraction of sp³-hybridized carbons (Fsp3) is 0.579. The third kappa shape index (κ3) is 5.70. The van der Waals surface area contributed by atoms with Crippen LogP contribution in [0.15, 0.2) is 30.3 Å². The number of hydrogen-bond donors (Lipinski definition) is 1. The number of hydrogen-bond acceptors (Lipinski definition) is 2. The van der Waals surface area contributed by atoms with Gasteiger partial charge in [0.2, 0.25) is 11.8 Å². The summed E-state index contributed by atoms with van der Waals surface area (Å²) in [6, 6.07) is 10.5. The first kappa shape index (κ1) is 17.5. The number of carbonyl (C=O) groups is 2. The van der Waals surface area contributed by atoms with Gasteiger partial charge in [-0.2, -0.15) is 0 Å². The summed E-state index contributed by atoms with van der Waals surface area (Å²) in [6.45, 7) is 6.93. The Morgan fingerprint density at radius 3 is 2.39 bits per heavy atom. The molecule has 1 aromatic rings. The molecule has 2 amide bonds. The van der Waals surface area contributed by atoms with E-state index >= 15 is 0 Å². The van der Waals surface area contributed by atoms with E-state index in [1.165, 1.54) is 5.56 Å². The van der Waals surface area contributed by atoms with Crippen molar-refractivity contribution in [3.8, 4) is 0 Å². The Bertz CT molecular complexity index is 530. The van der Waals surface area contributed by atoms with Crippen molar-refractivity contribution in [3.05, 3.63) is 35.9 Å². The van der Waals surface area contributed by atoms with Crippen molar-refractivity contribution >= 4 is 11.8 Å². The lowest BCUT2D eigenvalue weighted by Crippen LogP contribution is -2.36. The van der Waals surface area contributed by atoms with Crippen LogP contribution in [0.25, 0.3) is 0 Å². The summed E-state index contributed by atoms with van der Waals surface area (Å²) in [4.78, 5) is 26.3. The van der Waals surface area contributed by atoms with Crippen molar-refractivity contribution in [2.75, 3.05) is 6.54 Å². The quantitative estimate of drug-likeness (QED) is 0.786. The van der Waals surface area contributed by atoms with Gasteiger partial charge in [-0.25, -0.2) is 0 Å².